The predicted octanol–water partition coefficient (Wildman–Crippen LogP) is 2.32. The van der Waals surface area contributed by atoms with Gasteiger partial charge in [0.1, 0.15) is 28.5 Å². The van der Waals surface area contributed by atoms with Gasteiger partial charge in [0.2, 0.25) is 0 Å². The number of aryl methyl sites for hydroxylation is 1. The summed E-state index contributed by atoms with van der Waals surface area (Å²) in [6.45, 7) is 2.85. The molecule has 1 aromatic carbocycles. The number of aromatic nitrogens is 4. The Balaban J connectivity index is 1.58. The second-order valence-corrected chi connectivity index (χ2v) is 7.02. The van der Waals surface area contributed by atoms with Crippen LogP contribution in [0.25, 0.3) is 10.6 Å². The lowest BCUT2D eigenvalue weighted by Gasteiger charge is -2.32. The number of hydrogen-bond donors (Lipinski definition) is 1. The number of nitrogens with zero attached hydrogens (tertiary/aromatic N) is 5. The van der Waals surface area contributed by atoms with Crippen molar-refractivity contribution in [2.45, 2.75) is 32.6 Å². The number of hydrogen-bond acceptors (Lipinski definition) is 6. The molecule has 1 N–H and O–H groups in total. The van der Waals surface area contributed by atoms with Gasteiger partial charge >= 0.3 is 5.97 Å². The van der Waals surface area contributed by atoms with Crippen molar-refractivity contribution in [1.29, 1.82) is 0 Å². The Morgan fingerprint density at radius 1 is 1.38 bits per heavy atom. The molecule has 1 aliphatic heterocycles. The minimum atomic E-state index is -0.895. The van der Waals surface area contributed by atoms with Crippen molar-refractivity contribution in [3.8, 4) is 10.6 Å². The molecule has 0 amide bonds. The van der Waals surface area contributed by atoms with E-state index in [0.29, 0.717) is 41.7 Å². The first kappa shape index (κ1) is 16.8. The minimum Gasteiger partial charge on any atom is -0.480 e. The molecule has 0 fully saturated rings. The first-order chi connectivity index (χ1) is 12.5. The van der Waals surface area contributed by atoms with Crippen LogP contribution in [-0.2, 0) is 24.4 Å². The third-order valence-corrected chi connectivity index (χ3v) is 5.38. The van der Waals surface area contributed by atoms with Gasteiger partial charge in [-0.3, -0.25) is 9.69 Å². The van der Waals surface area contributed by atoms with Crippen molar-refractivity contribution in [2.24, 2.45) is 0 Å². The van der Waals surface area contributed by atoms with Crippen molar-refractivity contribution in [1.82, 2.24) is 24.6 Å². The van der Waals surface area contributed by atoms with E-state index in [1.54, 1.807) is 18.2 Å². The van der Waals surface area contributed by atoms with E-state index in [9.17, 15) is 14.3 Å². The fourth-order valence-corrected chi connectivity index (χ4v) is 3.94. The summed E-state index contributed by atoms with van der Waals surface area (Å²) in [6.07, 6.45) is 0. The quantitative estimate of drug-likeness (QED) is 0.756. The van der Waals surface area contributed by atoms with Crippen LogP contribution in [-0.4, -0.2) is 41.8 Å². The Hall–Kier alpha value is -2.65. The van der Waals surface area contributed by atoms with E-state index in [0.717, 1.165) is 5.82 Å². The van der Waals surface area contributed by atoms with Crippen LogP contribution in [0.5, 0.6) is 0 Å². The number of benzene rings is 1. The van der Waals surface area contributed by atoms with Crippen molar-refractivity contribution >= 4 is 17.3 Å². The van der Waals surface area contributed by atoms with Gasteiger partial charge in [-0.1, -0.05) is 12.1 Å². The molecule has 2 aromatic heterocycles. The maximum absolute atomic E-state index is 13.9. The smallest absolute Gasteiger partial charge is 0.322 e. The molecule has 1 aliphatic rings. The molecule has 9 heteroatoms. The SMILES string of the molecule is Cc1nnc2n1CC(C(=O)O)N(Cc1csc(-c3ccccc3F)n1)C2. The first-order valence-corrected chi connectivity index (χ1v) is 8.95. The molecule has 3 aromatic rings. The zero-order chi connectivity index (χ0) is 18.3. The summed E-state index contributed by atoms with van der Waals surface area (Å²) in [5.41, 5.74) is 1.16. The van der Waals surface area contributed by atoms with E-state index in [1.807, 2.05) is 21.8 Å². The van der Waals surface area contributed by atoms with E-state index in [2.05, 4.69) is 15.2 Å². The first-order valence-electron chi connectivity index (χ1n) is 8.08. The average Bonchev–Trinajstić information content (AvgIpc) is 3.22. The van der Waals surface area contributed by atoms with E-state index in [1.165, 1.54) is 17.4 Å². The summed E-state index contributed by atoms with van der Waals surface area (Å²) < 4.78 is 15.8. The Bertz CT molecular complexity index is 970. The van der Waals surface area contributed by atoms with Crippen LogP contribution in [0.2, 0.25) is 0 Å². The summed E-state index contributed by atoms with van der Waals surface area (Å²) in [6, 6.07) is 5.80. The van der Waals surface area contributed by atoms with Crippen LogP contribution >= 0.6 is 11.3 Å². The van der Waals surface area contributed by atoms with Crippen LogP contribution in [0, 0.1) is 12.7 Å². The Labute approximate surface area is 152 Å². The fraction of sp³-hybridized carbons (Fsp3) is 0.294. The highest BCUT2D eigenvalue weighted by Gasteiger charge is 2.33. The zero-order valence-electron chi connectivity index (χ0n) is 14.0. The van der Waals surface area contributed by atoms with Gasteiger partial charge in [0, 0.05) is 17.5 Å². The molecule has 1 atom stereocenters. The molecule has 3 heterocycles. The number of rotatable bonds is 4. The average molecular weight is 373 g/mol. The number of carboxylic acids is 1. The lowest BCUT2D eigenvalue weighted by Crippen LogP contribution is -2.47. The number of thiazole rings is 1. The van der Waals surface area contributed by atoms with Crippen LogP contribution in [0.15, 0.2) is 29.6 Å². The standard InChI is InChI=1S/C17H16FN5O2S/c1-10-20-21-15-8-22(14(17(24)25)7-23(10)15)6-11-9-26-16(19-11)12-4-2-3-5-13(12)18/h2-5,9,14H,6-8H2,1H3,(H,24,25). The molecule has 1 unspecified atom stereocenters. The molecule has 0 aliphatic carbocycles. The molecule has 0 spiro atoms. The zero-order valence-corrected chi connectivity index (χ0v) is 14.8. The van der Waals surface area contributed by atoms with Crippen LogP contribution in [0.1, 0.15) is 17.3 Å². The third-order valence-electron chi connectivity index (χ3n) is 4.46. The van der Waals surface area contributed by atoms with Crippen LogP contribution < -0.4 is 0 Å². The maximum Gasteiger partial charge on any atom is 0.322 e. The molecule has 0 saturated carbocycles. The van der Waals surface area contributed by atoms with E-state index >= 15 is 0 Å². The molecule has 134 valence electrons. The highest BCUT2D eigenvalue weighted by Crippen LogP contribution is 2.28. The summed E-state index contributed by atoms with van der Waals surface area (Å²) in [7, 11) is 0. The normalized spacial score (nSPS) is 17.2. The number of carbonyl (C=O) groups is 1. The van der Waals surface area contributed by atoms with E-state index < -0.39 is 12.0 Å². The van der Waals surface area contributed by atoms with Crippen molar-refractivity contribution in [2.75, 3.05) is 0 Å². The monoisotopic (exact) mass is 373 g/mol. The van der Waals surface area contributed by atoms with Gasteiger partial charge in [-0.2, -0.15) is 0 Å². The van der Waals surface area contributed by atoms with Gasteiger partial charge in [-0.15, -0.1) is 21.5 Å². The molecule has 0 saturated heterocycles. The van der Waals surface area contributed by atoms with Crippen molar-refractivity contribution < 1.29 is 14.3 Å². The van der Waals surface area contributed by atoms with Crippen LogP contribution in [0.3, 0.4) is 0 Å². The molecule has 0 bridgehead atoms. The molecule has 26 heavy (non-hydrogen) atoms. The maximum atomic E-state index is 13.9. The highest BCUT2D eigenvalue weighted by atomic mass is 32.1. The van der Waals surface area contributed by atoms with Gasteiger partial charge in [0.05, 0.1) is 18.8 Å². The molecular weight excluding hydrogens is 357 g/mol. The van der Waals surface area contributed by atoms with Crippen molar-refractivity contribution in [3.05, 3.63) is 52.8 Å². The third kappa shape index (κ3) is 2.99. The lowest BCUT2D eigenvalue weighted by atomic mass is 10.1. The highest BCUT2D eigenvalue weighted by molar-refractivity contribution is 7.13. The van der Waals surface area contributed by atoms with Gasteiger partial charge in [0.15, 0.2) is 0 Å². The molecule has 7 nitrogen and oxygen atoms in total. The number of halogens is 1. The van der Waals surface area contributed by atoms with E-state index in [4.69, 9.17) is 0 Å². The number of fused-ring (bicyclic) bond motifs is 1. The fourth-order valence-electron chi connectivity index (χ4n) is 3.11. The summed E-state index contributed by atoms with van der Waals surface area (Å²) in [5.74, 6) is 0.234. The Kier molecular flexibility index (Phi) is 4.25. The summed E-state index contributed by atoms with van der Waals surface area (Å²) in [4.78, 5) is 18.0. The van der Waals surface area contributed by atoms with Gasteiger partial charge in [-0.05, 0) is 19.1 Å². The van der Waals surface area contributed by atoms with Gasteiger partial charge < -0.3 is 9.67 Å². The van der Waals surface area contributed by atoms with Gasteiger partial charge in [0.25, 0.3) is 0 Å². The largest absolute Gasteiger partial charge is 0.480 e. The van der Waals surface area contributed by atoms with Crippen molar-refractivity contribution in [3.63, 3.8) is 0 Å². The number of carboxylic acid groups (broad SMARTS) is 1. The molecule has 4 rings (SSSR count). The van der Waals surface area contributed by atoms with Gasteiger partial charge in [-0.25, -0.2) is 9.37 Å². The second kappa shape index (κ2) is 6.58. The predicted molar refractivity (Wildman–Crippen MR) is 92.9 cm³/mol. The Morgan fingerprint density at radius 3 is 2.96 bits per heavy atom. The lowest BCUT2D eigenvalue weighted by molar-refractivity contribution is -0.145. The minimum absolute atomic E-state index is 0.299. The second-order valence-electron chi connectivity index (χ2n) is 6.16. The van der Waals surface area contributed by atoms with E-state index in [-0.39, 0.29) is 5.82 Å². The molecular formula is C17H16FN5O2S. The Morgan fingerprint density at radius 2 is 2.19 bits per heavy atom. The summed E-state index contributed by atoms with van der Waals surface area (Å²) >= 11 is 1.35. The van der Waals surface area contributed by atoms with Crippen LogP contribution in [0.4, 0.5) is 4.39 Å². The summed E-state index contributed by atoms with van der Waals surface area (Å²) in [5, 5.41) is 20.2. The molecule has 0 radical (unpaired) electrons. The topological polar surface area (TPSA) is 84.1 Å². The number of aliphatic carboxylic acids is 1.